The lowest BCUT2D eigenvalue weighted by Gasteiger charge is -2.25. The normalized spacial score (nSPS) is 11.6. The van der Waals surface area contributed by atoms with Gasteiger partial charge in [0, 0.05) is 18.6 Å². The van der Waals surface area contributed by atoms with Crippen LogP contribution >= 0.6 is 35.0 Å². The molecule has 2 aromatic carbocycles. The first-order valence-corrected chi connectivity index (χ1v) is 12.2. The highest BCUT2D eigenvalue weighted by atomic mass is 35.5. The molecule has 1 N–H and O–H groups in total. The summed E-state index contributed by atoms with van der Waals surface area (Å²) in [6.07, 6.45) is 3.18. The smallest absolute Gasteiger partial charge is 0.253 e. The highest BCUT2D eigenvalue weighted by Crippen LogP contribution is 2.21. The van der Waals surface area contributed by atoms with Crippen LogP contribution in [-0.2, 0) is 4.79 Å². The van der Waals surface area contributed by atoms with Crippen molar-refractivity contribution in [3.63, 3.8) is 0 Å². The van der Waals surface area contributed by atoms with Gasteiger partial charge < -0.3 is 15.0 Å². The molecule has 8 heteroatoms. The molecule has 0 saturated carbocycles. The van der Waals surface area contributed by atoms with Crippen molar-refractivity contribution >= 4 is 46.8 Å². The zero-order valence-electron chi connectivity index (χ0n) is 18.0. The number of amides is 2. The van der Waals surface area contributed by atoms with Crippen LogP contribution in [0.15, 0.2) is 42.5 Å². The van der Waals surface area contributed by atoms with Crippen molar-refractivity contribution in [1.29, 1.82) is 0 Å². The predicted molar refractivity (Wildman–Crippen MR) is 130 cm³/mol. The summed E-state index contributed by atoms with van der Waals surface area (Å²) in [5.74, 6) is 1.07. The fourth-order valence-electron chi connectivity index (χ4n) is 2.98. The molecule has 1 unspecified atom stereocenters. The molecular weight excluding hydrogens is 455 g/mol. The number of aryl methyl sites for hydroxylation is 1. The van der Waals surface area contributed by atoms with Gasteiger partial charge in [0.1, 0.15) is 11.8 Å². The van der Waals surface area contributed by atoms with Crippen LogP contribution in [-0.4, -0.2) is 55.0 Å². The number of carbonyl (C=O) groups is 2. The third-order valence-corrected chi connectivity index (χ3v) is 5.95. The SMILES string of the molecule is CSCCC(NC(=O)c1ccc(Cl)cc1Cl)C(=O)N(C)CCCOc1ccccc1C. The second kappa shape index (κ2) is 12.8. The Labute approximate surface area is 198 Å². The summed E-state index contributed by atoms with van der Waals surface area (Å²) in [5, 5.41) is 3.53. The lowest BCUT2D eigenvalue weighted by Crippen LogP contribution is -2.48. The first kappa shape index (κ1) is 25.4. The highest BCUT2D eigenvalue weighted by molar-refractivity contribution is 7.98. The van der Waals surface area contributed by atoms with Crippen LogP contribution in [0.3, 0.4) is 0 Å². The quantitative estimate of drug-likeness (QED) is 0.453. The summed E-state index contributed by atoms with van der Waals surface area (Å²) in [5.41, 5.74) is 1.37. The van der Waals surface area contributed by atoms with E-state index in [1.807, 2.05) is 37.4 Å². The number of nitrogens with one attached hydrogen (secondary N) is 1. The van der Waals surface area contributed by atoms with Gasteiger partial charge in [0.25, 0.3) is 5.91 Å². The summed E-state index contributed by atoms with van der Waals surface area (Å²) in [4.78, 5) is 27.3. The molecule has 0 aliphatic rings. The number of halogens is 2. The van der Waals surface area contributed by atoms with E-state index >= 15 is 0 Å². The Morgan fingerprint density at radius 1 is 1.19 bits per heavy atom. The Hall–Kier alpha value is -1.89. The average Bonchev–Trinajstić information content (AvgIpc) is 2.74. The van der Waals surface area contributed by atoms with Crippen molar-refractivity contribution in [2.24, 2.45) is 0 Å². The van der Waals surface area contributed by atoms with E-state index in [4.69, 9.17) is 27.9 Å². The number of ether oxygens (including phenoxy) is 1. The van der Waals surface area contributed by atoms with Crippen molar-refractivity contribution in [1.82, 2.24) is 10.2 Å². The summed E-state index contributed by atoms with van der Waals surface area (Å²) >= 11 is 13.7. The summed E-state index contributed by atoms with van der Waals surface area (Å²) < 4.78 is 5.80. The van der Waals surface area contributed by atoms with E-state index in [0.29, 0.717) is 36.6 Å². The van der Waals surface area contributed by atoms with Crippen LogP contribution in [0.4, 0.5) is 0 Å². The van der Waals surface area contributed by atoms with Crippen LogP contribution in [0.2, 0.25) is 10.0 Å². The maximum Gasteiger partial charge on any atom is 0.253 e. The molecule has 0 radical (unpaired) electrons. The molecular formula is C23H28Cl2N2O3S. The van der Waals surface area contributed by atoms with Gasteiger partial charge in [0.15, 0.2) is 0 Å². The van der Waals surface area contributed by atoms with Gasteiger partial charge in [-0.2, -0.15) is 11.8 Å². The minimum Gasteiger partial charge on any atom is -0.493 e. The van der Waals surface area contributed by atoms with Crippen molar-refractivity contribution in [3.05, 3.63) is 63.6 Å². The largest absolute Gasteiger partial charge is 0.493 e. The van der Waals surface area contributed by atoms with Crippen LogP contribution in [0.5, 0.6) is 5.75 Å². The molecule has 0 bridgehead atoms. The third-order valence-electron chi connectivity index (χ3n) is 4.76. The molecule has 0 aliphatic carbocycles. The van der Waals surface area contributed by atoms with Gasteiger partial charge in [-0.05, 0) is 61.6 Å². The number of benzene rings is 2. The average molecular weight is 483 g/mol. The maximum absolute atomic E-state index is 13.0. The Bertz CT molecular complexity index is 895. The third kappa shape index (κ3) is 7.95. The fraction of sp³-hybridized carbons (Fsp3) is 0.391. The summed E-state index contributed by atoms with van der Waals surface area (Å²) in [7, 11) is 1.74. The Morgan fingerprint density at radius 2 is 1.94 bits per heavy atom. The second-order valence-corrected chi connectivity index (χ2v) is 8.99. The highest BCUT2D eigenvalue weighted by Gasteiger charge is 2.25. The Kier molecular flexibility index (Phi) is 10.5. The summed E-state index contributed by atoms with van der Waals surface area (Å²) in [6, 6.07) is 11.9. The lowest BCUT2D eigenvalue weighted by molar-refractivity contribution is -0.132. The molecule has 31 heavy (non-hydrogen) atoms. The van der Waals surface area contributed by atoms with Crippen LogP contribution < -0.4 is 10.1 Å². The number of carbonyl (C=O) groups excluding carboxylic acids is 2. The number of para-hydroxylation sites is 1. The van der Waals surface area contributed by atoms with Crippen molar-refractivity contribution in [2.75, 3.05) is 32.2 Å². The predicted octanol–water partition coefficient (Wildman–Crippen LogP) is 5.08. The van der Waals surface area contributed by atoms with Crippen molar-refractivity contribution in [3.8, 4) is 5.75 Å². The first-order chi connectivity index (χ1) is 14.8. The lowest BCUT2D eigenvalue weighted by atomic mass is 10.1. The minimum atomic E-state index is -0.631. The van der Waals surface area contributed by atoms with E-state index in [2.05, 4.69) is 5.32 Å². The van der Waals surface area contributed by atoms with E-state index in [0.717, 1.165) is 17.1 Å². The van der Waals surface area contributed by atoms with Crippen molar-refractivity contribution < 1.29 is 14.3 Å². The molecule has 0 spiro atoms. The monoisotopic (exact) mass is 482 g/mol. The number of hydrogen-bond donors (Lipinski definition) is 1. The molecule has 0 heterocycles. The van der Waals surface area contributed by atoms with Crippen LogP contribution in [0.25, 0.3) is 0 Å². The van der Waals surface area contributed by atoms with Gasteiger partial charge in [0.05, 0.1) is 17.2 Å². The zero-order valence-corrected chi connectivity index (χ0v) is 20.3. The number of nitrogens with zero attached hydrogens (tertiary/aromatic N) is 1. The van der Waals surface area contributed by atoms with Gasteiger partial charge in [0.2, 0.25) is 5.91 Å². The number of likely N-dealkylation sites (N-methyl/N-ethyl adjacent to an activating group) is 1. The molecule has 2 rings (SSSR count). The maximum atomic E-state index is 13.0. The number of thioether (sulfide) groups is 1. The van der Waals surface area contributed by atoms with E-state index in [1.165, 1.54) is 6.07 Å². The molecule has 168 valence electrons. The topological polar surface area (TPSA) is 58.6 Å². The molecule has 2 amide bonds. The van der Waals surface area contributed by atoms with Gasteiger partial charge in [-0.1, -0.05) is 41.4 Å². The van der Waals surface area contributed by atoms with E-state index < -0.39 is 11.9 Å². The Balaban J connectivity index is 1.92. The minimum absolute atomic E-state index is 0.136. The van der Waals surface area contributed by atoms with E-state index in [9.17, 15) is 9.59 Å². The number of rotatable bonds is 11. The van der Waals surface area contributed by atoms with Crippen molar-refractivity contribution in [2.45, 2.75) is 25.8 Å². The van der Waals surface area contributed by atoms with Gasteiger partial charge in [-0.3, -0.25) is 9.59 Å². The van der Waals surface area contributed by atoms with Crippen LogP contribution in [0.1, 0.15) is 28.8 Å². The molecule has 5 nitrogen and oxygen atoms in total. The molecule has 0 fully saturated rings. The summed E-state index contributed by atoms with van der Waals surface area (Å²) in [6.45, 7) is 3.03. The fourth-order valence-corrected chi connectivity index (χ4v) is 3.95. The molecule has 0 aliphatic heterocycles. The van der Waals surface area contributed by atoms with Gasteiger partial charge >= 0.3 is 0 Å². The molecule has 1 atom stereocenters. The van der Waals surface area contributed by atoms with Crippen LogP contribution in [0, 0.1) is 6.92 Å². The van der Waals surface area contributed by atoms with E-state index in [1.54, 1.807) is 35.8 Å². The molecule has 0 aromatic heterocycles. The first-order valence-electron chi connectivity index (χ1n) is 10.0. The standard InChI is InChI=1S/C23H28Cl2N2O3S/c1-16-7-4-5-8-21(16)30-13-6-12-27(2)23(29)20(11-14-31-3)26-22(28)18-10-9-17(24)15-19(18)25/h4-5,7-10,15,20H,6,11-14H2,1-3H3,(H,26,28). The van der Waals surface area contributed by atoms with Gasteiger partial charge in [-0.25, -0.2) is 0 Å². The molecule has 0 saturated heterocycles. The number of hydrogen-bond acceptors (Lipinski definition) is 4. The van der Waals surface area contributed by atoms with Gasteiger partial charge in [-0.15, -0.1) is 0 Å². The van der Waals surface area contributed by atoms with E-state index in [-0.39, 0.29) is 10.9 Å². The Morgan fingerprint density at radius 3 is 2.61 bits per heavy atom. The second-order valence-electron chi connectivity index (χ2n) is 7.16. The molecule has 2 aromatic rings. The zero-order chi connectivity index (χ0) is 22.8.